The van der Waals surface area contributed by atoms with Gasteiger partial charge in [0.15, 0.2) is 16.7 Å². The van der Waals surface area contributed by atoms with Crippen LogP contribution in [0.4, 0.5) is 4.39 Å². The van der Waals surface area contributed by atoms with Gasteiger partial charge in [-0.2, -0.15) is 0 Å². The van der Waals surface area contributed by atoms with E-state index in [0.29, 0.717) is 44.7 Å². The zero-order valence-electron chi connectivity index (χ0n) is 21.5. The Morgan fingerprint density at radius 1 is 1.13 bits per heavy atom. The Balaban J connectivity index is 1.64. The van der Waals surface area contributed by atoms with Gasteiger partial charge in [-0.3, -0.25) is 14.7 Å². The summed E-state index contributed by atoms with van der Waals surface area (Å²) in [6.45, 7) is 3.90. The molecule has 12 heteroatoms. The van der Waals surface area contributed by atoms with Gasteiger partial charge in [0.05, 0.1) is 18.2 Å². The molecule has 0 aliphatic rings. The number of aryl methyl sites for hydroxylation is 1. The van der Waals surface area contributed by atoms with E-state index in [1.165, 1.54) is 24.9 Å². The summed E-state index contributed by atoms with van der Waals surface area (Å²) in [5.74, 6) is 1.72. The van der Waals surface area contributed by atoms with E-state index >= 15 is 0 Å². The number of hydrogen-bond donors (Lipinski definition) is 0. The van der Waals surface area contributed by atoms with Gasteiger partial charge in [-0.1, -0.05) is 30.0 Å². The lowest BCUT2D eigenvalue weighted by atomic mass is 10.1. The molecule has 0 aliphatic carbocycles. The quantitative estimate of drug-likeness (QED) is 0.1000. The minimum atomic E-state index is -0.629. The third-order valence-corrected chi connectivity index (χ3v) is 7.49. The van der Waals surface area contributed by atoms with Crippen LogP contribution in [0.3, 0.4) is 0 Å². The Bertz CT molecular complexity index is 1450. The predicted octanol–water partition coefficient (Wildman–Crippen LogP) is 6.57. The monoisotopic (exact) mass is 616 g/mol. The zero-order chi connectivity index (χ0) is 27.9. The molecule has 1 heterocycles. The largest absolute Gasteiger partial charge is 0.494 e. The first-order chi connectivity index (χ1) is 18.8. The van der Waals surface area contributed by atoms with Crippen molar-refractivity contribution in [2.75, 3.05) is 20.3 Å². The summed E-state index contributed by atoms with van der Waals surface area (Å²) in [5.41, 5.74) is 1.82. The standard InChI is InChI=1S/C27H26BrFN4O5S/c1-4-37-21-11-9-20(10-12-21)33-17(2)30-31-27(33)39-25(15-32(34)35)19-13-22(28)26(24(14-19)36-3)38-16-18-7-5-6-8-23(18)29/h5-14,25H,4,15-16H2,1-3H3/t25-/m1/s1. The smallest absolute Gasteiger partial charge is 0.220 e. The van der Waals surface area contributed by atoms with E-state index in [0.717, 1.165) is 11.4 Å². The summed E-state index contributed by atoms with van der Waals surface area (Å²) in [5, 5.41) is 20.0. The van der Waals surface area contributed by atoms with Gasteiger partial charge in [-0.05, 0) is 77.8 Å². The molecule has 0 fully saturated rings. The molecule has 1 aromatic heterocycles. The Kier molecular flexibility index (Phi) is 9.41. The number of benzene rings is 3. The van der Waals surface area contributed by atoms with Crippen LogP contribution in [0.15, 0.2) is 70.3 Å². The second kappa shape index (κ2) is 12.9. The summed E-state index contributed by atoms with van der Waals surface area (Å²) < 4.78 is 33.4. The minimum absolute atomic E-state index is 0.0154. The minimum Gasteiger partial charge on any atom is -0.494 e. The molecule has 0 bridgehead atoms. The molecule has 1 atom stereocenters. The van der Waals surface area contributed by atoms with Crippen molar-refractivity contribution in [3.8, 4) is 22.9 Å². The van der Waals surface area contributed by atoms with Gasteiger partial charge in [0.2, 0.25) is 6.54 Å². The Morgan fingerprint density at radius 2 is 1.87 bits per heavy atom. The van der Waals surface area contributed by atoms with Crippen LogP contribution >= 0.6 is 27.7 Å². The second-order valence-corrected chi connectivity index (χ2v) is 10.4. The number of hydrogen-bond acceptors (Lipinski definition) is 8. The van der Waals surface area contributed by atoms with Crippen molar-refractivity contribution in [1.29, 1.82) is 0 Å². The molecule has 0 unspecified atom stereocenters. The number of halogens is 2. The van der Waals surface area contributed by atoms with Crippen LogP contribution in [0.2, 0.25) is 0 Å². The normalized spacial score (nSPS) is 11.7. The lowest BCUT2D eigenvalue weighted by molar-refractivity contribution is -0.479. The van der Waals surface area contributed by atoms with Crippen LogP contribution < -0.4 is 14.2 Å². The molecule has 0 N–H and O–H groups in total. The molecular weight excluding hydrogens is 591 g/mol. The van der Waals surface area contributed by atoms with E-state index in [9.17, 15) is 14.5 Å². The maximum atomic E-state index is 14.1. The molecule has 3 aromatic carbocycles. The summed E-state index contributed by atoms with van der Waals surface area (Å²) in [7, 11) is 1.48. The van der Waals surface area contributed by atoms with Crippen LogP contribution in [0, 0.1) is 22.9 Å². The number of rotatable bonds is 12. The van der Waals surface area contributed by atoms with Crippen molar-refractivity contribution in [2.45, 2.75) is 30.9 Å². The summed E-state index contributed by atoms with van der Waals surface area (Å²) in [4.78, 5) is 11.3. The third kappa shape index (κ3) is 6.87. The van der Waals surface area contributed by atoms with Crippen LogP contribution in [-0.4, -0.2) is 39.9 Å². The molecule has 4 rings (SSSR count). The van der Waals surface area contributed by atoms with Crippen molar-refractivity contribution < 1.29 is 23.5 Å². The number of aromatic nitrogens is 3. The first kappa shape index (κ1) is 28.4. The number of nitro groups is 1. The van der Waals surface area contributed by atoms with Gasteiger partial charge < -0.3 is 14.2 Å². The topological polar surface area (TPSA) is 102 Å². The molecule has 9 nitrogen and oxygen atoms in total. The maximum absolute atomic E-state index is 14.1. The van der Waals surface area contributed by atoms with Gasteiger partial charge >= 0.3 is 0 Å². The van der Waals surface area contributed by atoms with Crippen LogP contribution in [0.1, 0.15) is 29.1 Å². The number of nitrogens with zero attached hydrogens (tertiary/aromatic N) is 4. The van der Waals surface area contributed by atoms with E-state index in [4.69, 9.17) is 14.2 Å². The van der Waals surface area contributed by atoms with E-state index in [1.54, 1.807) is 30.3 Å². The average Bonchev–Trinajstić information content (AvgIpc) is 3.28. The first-order valence-corrected chi connectivity index (χ1v) is 13.6. The highest BCUT2D eigenvalue weighted by Crippen LogP contribution is 2.43. The Hall–Kier alpha value is -3.64. The van der Waals surface area contributed by atoms with Crippen molar-refractivity contribution in [3.05, 3.63) is 98.0 Å². The summed E-state index contributed by atoms with van der Waals surface area (Å²) >= 11 is 4.73. The van der Waals surface area contributed by atoms with Crippen molar-refractivity contribution in [3.63, 3.8) is 0 Å². The molecule has 0 amide bonds. The molecular formula is C27H26BrFN4O5S. The summed E-state index contributed by atoms with van der Waals surface area (Å²) in [6, 6.07) is 17.2. The third-order valence-electron chi connectivity index (χ3n) is 5.72. The highest BCUT2D eigenvalue weighted by Gasteiger charge is 2.26. The van der Waals surface area contributed by atoms with Gasteiger partial charge in [0.25, 0.3) is 0 Å². The van der Waals surface area contributed by atoms with Gasteiger partial charge in [0, 0.05) is 16.2 Å². The zero-order valence-corrected chi connectivity index (χ0v) is 23.9. The molecule has 0 saturated carbocycles. The first-order valence-electron chi connectivity index (χ1n) is 12.0. The molecule has 0 radical (unpaired) electrons. The fraction of sp³-hybridized carbons (Fsp3) is 0.259. The van der Waals surface area contributed by atoms with Crippen molar-refractivity contribution in [1.82, 2.24) is 14.8 Å². The number of ether oxygens (including phenoxy) is 3. The molecule has 0 aliphatic heterocycles. The predicted molar refractivity (Wildman–Crippen MR) is 149 cm³/mol. The van der Waals surface area contributed by atoms with Gasteiger partial charge in [-0.15, -0.1) is 10.2 Å². The SMILES string of the molecule is CCOc1ccc(-n2c(C)nnc2S[C@H](C[N+](=O)[O-])c2cc(Br)c(OCc3ccccc3F)c(OC)c2)cc1. The van der Waals surface area contributed by atoms with Gasteiger partial charge in [0.1, 0.15) is 29.2 Å². The molecule has 0 spiro atoms. The lowest BCUT2D eigenvalue weighted by Crippen LogP contribution is -2.12. The molecule has 4 aromatic rings. The van der Waals surface area contributed by atoms with E-state index in [2.05, 4.69) is 26.1 Å². The maximum Gasteiger partial charge on any atom is 0.220 e. The molecule has 0 saturated heterocycles. The number of thioether (sulfide) groups is 1. The van der Waals surface area contributed by atoms with E-state index in [1.807, 2.05) is 42.7 Å². The van der Waals surface area contributed by atoms with Crippen LogP contribution in [0.5, 0.6) is 17.2 Å². The van der Waals surface area contributed by atoms with Crippen LogP contribution in [0.25, 0.3) is 5.69 Å². The fourth-order valence-electron chi connectivity index (χ4n) is 3.88. The van der Waals surface area contributed by atoms with Crippen LogP contribution in [-0.2, 0) is 6.61 Å². The highest BCUT2D eigenvalue weighted by atomic mass is 79.9. The van der Waals surface area contributed by atoms with Crippen molar-refractivity contribution >= 4 is 27.7 Å². The highest BCUT2D eigenvalue weighted by molar-refractivity contribution is 9.10. The second-order valence-electron chi connectivity index (χ2n) is 8.33. The Labute approximate surface area is 237 Å². The molecule has 204 valence electrons. The van der Waals surface area contributed by atoms with Gasteiger partial charge in [-0.25, -0.2) is 4.39 Å². The van der Waals surface area contributed by atoms with E-state index < -0.39 is 5.25 Å². The van der Waals surface area contributed by atoms with E-state index in [-0.39, 0.29) is 23.9 Å². The Morgan fingerprint density at radius 3 is 2.54 bits per heavy atom. The number of methoxy groups -OCH3 is 1. The molecule has 39 heavy (non-hydrogen) atoms. The van der Waals surface area contributed by atoms with Crippen molar-refractivity contribution in [2.24, 2.45) is 0 Å². The average molecular weight is 617 g/mol. The fourth-order valence-corrected chi connectivity index (χ4v) is 5.61. The summed E-state index contributed by atoms with van der Waals surface area (Å²) in [6.07, 6.45) is 0. The lowest BCUT2D eigenvalue weighted by Gasteiger charge is -2.18.